The zero-order chi connectivity index (χ0) is 18.4. The smallest absolute Gasteiger partial charge is 0.231 e. The van der Waals surface area contributed by atoms with E-state index >= 15 is 0 Å². The van der Waals surface area contributed by atoms with Crippen molar-refractivity contribution in [3.8, 4) is 17.2 Å². The van der Waals surface area contributed by atoms with E-state index in [4.69, 9.17) is 14.2 Å². The minimum Gasteiger partial charge on any atom is -0.496 e. The zero-order valence-corrected chi connectivity index (χ0v) is 15.5. The number of fused-ring (bicyclic) bond motifs is 1. The van der Waals surface area contributed by atoms with Crippen LogP contribution in [0.3, 0.4) is 0 Å². The fraction of sp³-hybridized carbons (Fsp3) is 0.350. The van der Waals surface area contributed by atoms with Crippen LogP contribution in [0, 0.1) is 6.92 Å². The first-order valence-corrected chi connectivity index (χ1v) is 8.74. The molecule has 0 saturated heterocycles. The molecule has 6 heteroatoms. The Kier molecular flexibility index (Phi) is 5.84. The van der Waals surface area contributed by atoms with Crippen LogP contribution in [0.2, 0.25) is 0 Å². The number of aryl methyl sites for hydroxylation is 1. The van der Waals surface area contributed by atoms with E-state index in [1.54, 1.807) is 7.11 Å². The summed E-state index contributed by atoms with van der Waals surface area (Å²) >= 11 is 0. The highest BCUT2D eigenvalue weighted by Gasteiger charge is 2.13. The van der Waals surface area contributed by atoms with Gasteiger partial charge >= 0.3 is 0 Å². The lowest BCUT2D eigenvalue weighted by atomic mass is 10.1. The van der Waals surface area contributed by atoms with E-state index in [1.165, 1.54) is 0 Å². The number of nitrogens with zero attached hydrogens (tertiary/aromatic N) is 1. The Morgan fingerprint density at radius 1 is 1.08 bits per heavy atom. The van der Waals surface area contributed by atoms with E-state index < -0.39 is 0 Å². The molecule has 26 heavy (non-hydrogen) atoms. The monoisotopic (exact) mass is 355 g/mol. The maximum Gasteiger partial charge on any atom is 0.231 e. The molecule has 0 saturated carbocycles. The molecular formula is C20H25N3O3. The summed E-state index contributed by atoms with van der Waals surface area (Å²) in [7, 11) is 1.68. The van der Waals surface area contributed by atoms with Gasteiger partial charge in [0.05, 0.1) is 13.7 Å². The van der Waals surface area contributed by atoms with E-state index in [0.717, 1.165) is 46.4 Å². The van der Waals surface area contributed by atoms with Gasteiger partial charge in [0.2, 0.25) is 6.79 Å². The summed E-state index contributed by atoms with van der Waals surface area (Å²) < 4.78 is 16.1. The second kappa shape index (κ2) is 8.47. The van der Waals surface area contributed by atoms with Gasteiger partial charge in [-0.15, -0.1) is 0 Å². The lowest BCUT2D eigenvalue weighted by Crippen LogP contribution is -2.36. The number of methoxy groups -OCH3 is 1. The first-order chi connectivity index (χ1) is 12.7. The highest BCUT2D eigenvalue weighted by atomic mass is 16.7. The van der Waals surface area contributed by atoms with Gasteiger partial charge in [-0.25, -0.2) is 4.99 Å². The van der Waals surface area contributed by atoms with Crippen molar-refractivity contribution in [3.05, 3.63) is 53.1 Å². The lowest BCUT2D eigenvalue weighted by Gasteiger charge is -2.12. The molecule has 0 bridgehead atoms. The van der Waals surface area contributed by atoms with Crippen LogP contribution < -0.4 is 24.8 Å². The van der Waals surface area contributed by atoms with Crippen molar-refractivity contribution in [1.29, 1.82) is 0 Å². The third-order valence-corrected chi connectivity index (χ3v) is 4.12. The molecule has 0 aliphatic carbocycles. The minimum atomic E-state index is 0.289. The Labute approximate surface area is 154 Å². The third kappa shape index (κ3) is 4.39. The lowest BCUT2D eigenvalue weighted by molar-refractivity contribution is 0.174. The number of nitrogens with one attached hydrogen (secondary N) is 2. The second-order valence-corrected chi connectivity index (χ2v) is 6.04. The molecule has 1 aliphatic rings. The molecule has 0 spiro atoms. The van der Waals surface area contributed by atoms with E-state index in [9.17, 15) is 0 Å². The first kappa shape index (κ1) is 17.9. The van der Waals surface area contributed by atoms with Crippen molar-refractivity contribution in [1.82, 2.24) is 10.6 Å². The maximum absolute atomic E-state index is 5.42. The Bertz CT molecular complexity index is 790. The van der Waals surface area contributed by atoms with Crippen LogP contribution in [0.5, 0.6) is 17.2 Å². The molecule has 6 nitrogen and oxygen atoms in total. The number of guanidine groups is 1. The van der Waals surface area contributed by atoms with Crippen LogP contribution >= 0.6 is 0 Å². The molecule has 0 aromatic heterocycles. The number of ether oxygens (including phenoxy) is 3. The summed E-state index contributed by atoms with van der Waals surface area (Å²) in [6.45, 7) is 6.43. The molecule has 2 aromatic rings. The summed E-state index contributed by atoms with van der Waals surface area (Å²) in [5.41, 5.74) is 3.36. The Morgan fingerprint density at radius 3 is 2.65 bits per heavy atom. The normalized spacial score (nSPS) is 12.8. The van der Waals surface area contributed by atoms with Gasteiger partial charge in [-0.1, -0.05) is 18.2 Å². The molecule has 0 radical (unpaired) electrons. The van der Waals surface area contributed by atoms with Crippen LogP contribution in [0.1, 0.15) is 23.6 Å². The molecular weight excluding hydrogens is 330 g/mol. The average molecular weight is 355 g/mol. The average Bonchev–Trinajstić information content (AvgIpc) is 3.12. The van der Waals surface area contributed by atoms with Crippen molar-refractivity contribution in [2.45, 2.75) is 26.9 Å². The van der Waals surface area contributed by atoms with Crippen LogP contribution in [-0.2, 0) is 13.1 Å². The molecule has 0 fully saturated rings. The summed E-state index contributed by atoms with van der Waals surface area (Å²) in [6, 6.07) is 12.1. The van der Waals surface area contributed by atoms with Crippen LogP contribution in [0.25, 0.3) is 0 Å². The quantitative estimate of drug-likeness (QED) is 0.616. The highest BCUT2D eigenvalue weighted by Crippen LogP contribution is 2.32. The number of hydrogen-bond acceptors (Lipinski definition) is 4. The molecule has 2 N–H and O–H groups in total. The van der Waals surface area contributed by atoms with Crippen LogP contribution in [0.4, 0.5) is 0 Å². The predicted molar refractivity (Wildman–Crippen MR) is 102 cm³/mol. The SMILES string of the molecule is CCNC(=NCc1ccc(OC)c(C)c1)NCc1ccc2c(c1)OCO2. The van der Waals surface area contributed by atoms with E-state index in [0.29, 0.717) is 13.1 Å². The van der Waals surface area contributed by atoms with Gasteiger partial charge < -0.3 is 24.8 Å². The van der Waals surface area contributed by atoms with Crippen molar-refractivity contribution in [2.75, 3.05) is 20.4 Å². The van der Waals surface area contributed by atoms with Crippen molar-refractivity contribution < 1.29 is 14.2 Å². The molecule has 1 heterocycles. The molecule has 2 aromatic carbocycles. The minimum absolute atomic E-state index is 0.289. The number of hydrogen-bond donors (Lipinski definition) is 2. The first-order valence-electron chi connectivity index (χ1n) is 8.74. The van der Waals surface area contributed by atoms with Crippen molar-refractivity contribution in [3.63, 3.8) is 0 Å². The van der Waals surface area contributed by atoms with E-state index in [1.807, 2.05) is 37.3 Å². The summed E-state index contributed by atoms with van der Waals surface area (Å²) in [4.78, 5) is 4.67. The number of aliphatic imine (C=N–C) groups is 1. The standard InChI is InChI=1S/C20H25N3O3/c1-4-21-20(22-11-15-5-7-17(24-3)14(2)9-15)23-12-16-6-8-18-19(10-16)26-13-25-18/h5-10H,4,11-13H2,1-3H3,(H2,21,22,23). The van der Waals surface area contributed by atoms with E-state index in [2.05, 4.69) is 28.6 Å². The second-order valence-electron chi connectivity index (χ2n) is 6.04. The molecule has 138 valence electrons. The predicted octanol–water partition coefficient (Wildman–Crippen LogP) is 2.99. The number of benzene rings is 2. The third-order valence-electron chi connectivity index (χ3n) is 4.12. The number of rotatable bonds is 6. The largest absolute Gasteiger partial charge is 0.496 e. The van der Waals surface area contributed by atoms with Gasteiger partial charge in [0.15, 0.2) is 17.5 Å². The molecule has 3 rings (SSSR count). The summed E-state index contributed by atoms with van der Waals surface area (Å²) in [5, 5.41) is 6.62. The summed E-state index contributed by atoms with van der Waals surface area (Å²) in [6.07, 6.45) is 0. The molecule has 1 aliphatic heterocycles. The molecule has 0 atom stereocenters. The Hall–Kier alpha value is -2.89. The fourth-order valence-electron chi connectivity index (χ4n) is 2.79. The van der Waals surface area contributed by atoms with Gasteiger partial charge in [-0.3, -0.25) is 0 Å². The highest BCUT2D eigenvalue weighted by molar-refractivity contribution is 5.79. The van der Waals surface area contributed by atoms with Gasteiger partial charge in [-0.05, 0) is 48.7 Å². The van der Waals surface area contributed by atoms with Crippen LogP contribution in [-0.4, -0.2) is 26.4 Å². The van der Waals surface area contributed by atoms with Crippen LogP contribution in [0.15, 0.2) is 41.4 Å². The molecule has 0 amide bonds. The Morgan fingerprint density at radius 2 is 1.88 bits per heavy atom. The van der Waals surface area contributed by atoms with Gasteiger partial charge in [0, 0.05) is 13.1 Å². The topological polar surface area (TPSA) is 64.1 Å². The zero-order valence-electron chi connectivity index (χ0n) is 15.5. The van der Waals surface area contributed by atoms with Crippen molar-refractivity contribution in [2.24, 2.45) is 4.99 Å². The Balaban J connectivity index is 1.62. The summed E-state index contributed by atoms with van der Waals surface area (Å²) in [5.74, 6) is 3.26. The van der Waals surface area contributed by atoms with Gasteiger partial charge in [0.25, 0.3) is 0 Å². The maximum atomic E-state index is 5.42. The van der Waals surface area contributed by atoms with Crippen molar-refractivity contribution >= 4 is 5.96 Å². The van der Waals surface area contributed by atoms with Gasteiger partial charge in [0.1, 0.15) is 5.75 Å². The molecule has 0 unspecified atom stereocenters. The van der Waals surface area contributed by atoms with Gasteiger partial charge in [-0.2, -0.15) is 0 Å². The van der Waals surface area contributed by atoms with E-state index in [-0.39, 0.29) is 6.79 Å². The fourth-order valence-corrected chi connectivity index (χ4v) is 2.79.